The fourth-order valence-electron chi connectivity index (χ4n) is 3.47. The Hall–Kier alpha value is -2.10. The Balaban J connectivity index is 1.71. The van der Waals surface area contributed by atoms with Gasteiger partial charge < -0.3 is 9.64 Å². The van der Waals surface area contributed by atoms with Crippen molar-refractivity contribution in [3.05, 3.63) is 40.2 Å². The van der Waals surface area contributed by atoms with E-state index in [1.165, 1.54) is 0 Å². The number of nitrogens with one attached hydrogen (secondary N) is 1. The van der Waals surface area contributed by atoms with Gasteiger partial charge in [-0.3, -0.25) is 9.48 Å². The Morgan fingerprint density at radius 1 is 1.31 bits per heavy atom. The summed E-state index contributed by atoms with van der Waals surface area (Å²) in [4.78, 5) is 14.1. The number of aromatic nitrogens is 2. The summed E-state index contributed by atoms with van der Waals surface area (Å²) in [5, 5.41) is 4.89. The molecule has 29 heavy (non-hydrogen) atoms. The highest BCUT2D eigenvalue weighted by molar-refractivity contribution is 7.89. The molecule has 2 heterocycles. The van der Waals surface area contributed by atoms with Crippen molar-refractivity contribution in [2.45, 2.75) is 45.2 Å². The molecule has 1 aromatic carbocycles. The fourth-order valence-corrected chi connectivity index (χ4v) is 5.08. The first-order valence-corrected chi connectivity index (χ1v) is 11.2. The number of fused-ring (bicyclic) bond motifs is 1. The summed E-state index contributed by atoms with van der Waals surface area (Å²) in [6.45, 7) is 7.81. The lowest BCUT2D eigenvalue weighted by molar-refractivity contribution is -0.133. The molecule has 0 saturated carbocycles. The van der Waals surface area contributed by atoms with Crippen molar-refractivity contribution in [2.24, 2.45) is 0 Å². The van der Waals surface area contributed by atoms with Crippen LogP contribution in [0.25, 0.3) is 0 Å². The summed E-state index contributed by atoms with van der Waals surface area (Å²) < 4.78 is 35.5. The Bertz CT molecular complexity index is 1030. The van der Waals surface area contributed by atoms with Gasteiger partial charge in [0.15, 0.2) is 6.61 Å². The van der Waals surface area contributed by atoms with Crippen LogP contribution in [0.3, 0.4) is 0 Å². The molecule has 0 saturated heterocycles. The van der Waals surface area contributed by atoms with E-state index in [1.807, 2.05) is 13.8 Å². The minimum atomic E-state index is -3.75. The number of sulfonamides is 1. The topological polar surface area (TPSA) is 93.5 Å². The second-order valence-corrected chi connectivity index (χ2v) is 9.43. The van der Waals surface area contributed by atoms with Gasteiger partial charge >= 0.3 is 0 Å². The van der Waals surface area contributed by atoms with Gasteiger partial charge in [0.25, 0.3) is 5.91 Å². The maximum absolute atomic E-state index is 12.8. The standard InChI is InChI=1S/C19H25ClN4O4S/c1-12(2)24-14(4)19(13(3)22-24)29(26,27)21-7-8-23-10-15-9-16(20)5-6-17(15)28-11-18(23)25/h5-6,9,12,21H,7-8,10-11H2,1-4H3. The smallest absolute Gasteiger partial charge is 0.260 e. The molecule has 0 atom stereocenters. The van der Waals surface area contributed by atoms with Crippen LogP contribution in [0.4, 0.5) is 0 Å². The van der Waals surface area contributed by atoms with Crippen molar-refractivity contribution < 1.29 is 17.9 Å². The molecule has 0 aliphatic carbocycles. The van der Waals surface area contributed by atoms with E-state index in [0.29, 0.717) is 28.7 Å². The highest BCUT2D eigenvalue weighted by Crippen LogP contribution is 2.26. The van der Waals surface area contributed by atoms with Crippen molar-refractivity contribution in [3.8, 4) is 5.75 Å². The highest BCUT2D eigenvalue weighted by Gasteiger charge is 2.26. The van der Waals surface area contributed by atoms with Crippen LogP contribution in [0.1, 0.15) is 36.8 Å². The lowest BCUT2D eigenvalue weighted by Crippen LogP contribution is -2.39. The molecule has 2 aromatic rings. The highest BCUT2D eigenvalue weighted by atomic mass is 35.5. The number of carbonyl (C=O) groups is 1. The molecule has 8 nitrogen and oxygen atoms in total. The van der Waals surface area contributed by atoms with E-state index in [2.05, 4.69) is 9.82 Å². The molecule has 0 fully saturated rings. The number of rotatable bonds is 6. The van der Waals surface area contributed by atoms with E-state index in [0.717, 1.165) is 5.56 Å². The van der Waals surface area contributed by atoms with Crippen LogP contribution in [-0.2, 0) is 21.4 Å². The Morgan fingerprint density at radius 3 is 2.69 bits per heavy atom. The maximum Gasteiger partial charge on any atom is 0.260 e. The number of carbonyl (C=O) groups excluding carboxylic acids is 1. The monoisotopic (exact) mass is 440 g/mol. The minimum Gasteiger partial charge on any atom is -0.483 e. The van der Waals surface area contributed by atoms with Crippen LogP contribution >= 0.6 is 11.6 Å². The molecule has 1 N–H and O–H groups in total. The van der Waals surface area contributed by atoms with Gasteiger partial charge in [0, 0.05) is 36.3 Å². The summed E-state index contributed by atoms with van der Waals surface area (Å²) in [5.74, 6) is 0.398. The Kier molecular flexibility index (Phi) is 6.21. The number of ether oxygens (including phenoxy) is 1. The third kappa shape index (κ3) is 4.57. The molecule has 0 spiro atoms. The molecular formula is C19H25ClN4O4S. The van der Waals surface area contributed by atoms with Gasteiger partial charge in [-0.05, 0) is 45.9 Å². The largest absolute Gasteiger partial charge is 0.483 e. The maximum atomic E-state index is 12.8. The van der Waals surface area contributed by atoms with Crippen molar-refractivity contribution >= 4 is 27.5 Å². The minimum absolute atomic E-state index is 0.0549. The van der Waals surface area contributed by atoms with E-state index in [1.54, 1.807) is 41.6 Å². The zero-order valence-corrected chi connectivity index (χ0v) is 18.5. The average molecular weight is 441 g/mol. The zero-order chi connectivity index (χ0) is 21.3. The molecule has 0 radical (unpaired) electrons. The number of benzene rings is 1. The molecule has 158 valence electrons. The molecule has 10 heteroatoms. The van der Waals surface area contributed by atoms with Crippen LogP contribution in [0.5, 0.6) is 5.75 Å². The van der Waals surface area contributed by atoms with Crippen molar-refractivity contribution in [3.63, 3.8) is 0 Å². The van der Waals surface area contributed by atoms with Gasteiger partial charge in [-0.2, -0.15) is 5.10 Å². The van der Waals surface area contributed by atoms with Crippen LogP contribution < -0.4 is 9.46 Å². The number of hydrogen-bond donors (Lipinski definition) is 1. The van der Waals surface area contributed by atoms with Crippen molar-refractivity contribution in [1.82, 2.24) is 19.4 Å². The quantitative estimate of drug-likeness (QED) is 0.744. The third-order valence-corrected chi connectivity index (χ3v) is 6.73. The lowest BCUT2D eigenvalue weighted by atomic mass is 10.2. The van der Waals surface area contributed by atoms with Gasteiger partial charge in [0.1, 0.15) is 10.6 Å². The molecule has 3 rings (SSSR count). The molecule has 1 aromatic heterocycles. The summed E-state index contributed by atoms with van der Waals surface area (Å²) in [7, 11) is -3.75. The molecular weight excluding hydrogens is 416 g/mol. The summed E-state index contributed by atoms with van der Waals surface area (Å²) in [5.41, 5.74) is 1.83. The van der Waals surface area contributed by atoms with E-state index >= 15 is 0 Å². The average Bonchev–Trinajstić information content (AvgIpc) is 2.85. The fraction of sp³-hybridized carbons (Fsp3) is 0.474. The number of halogens is 1. The number of amides is 1. The first-order chi connectivity index (χ1) is 13.6. The third-order valence-electron chi connectivity index (χ3n) is 4.78. The lowest BCUT2D eigenvalue weighted by Gasteiger charge is -2.20. The van der Waals surface area contributed by atoms with Gasteiger partial charge in [0.2, 0.25) is 10.0 Å². The van der Waals surface area contributed by atoms with Gasteiger partial charge in [-0.15, -0.1) is 0 Å². The first kappa shape index (κ1) is 21.6. The molecule has 0 bridgehead atoms. The number of nitrogens with zero attached hydrogens (tertiary/aromatic N) is 3. The normalized spacial score (nSPS) is 14.7. The number of aryl methyl sites for hydroxylation is 1. The Morgan fingerprint density at radius 2 is 2.03 bits per heavy atom. The zero-order valence-electron chi connectivity index (χ0n) is 16.9. The van der Waals surface area contributed by atoms with Crippen LogP contribution in [0.2, 0.25) is 5.02 Å². The van der Waals surface area contributed by atoms with Crippen molar-refractivity contribution in [2.75, 3.05) is 19.7 Å². The summed E-state index contributed by atoms with van der Waals surface area (Å²) in [6.07, 6.45) is 0. The van der Waals surface area contributed by atoms with E-state index in [9.17, 15) is 13.2 Å². The molecule has 0 unspecified atom stereocenters. The van der Waals surface area contributed by atoms with E-state index in [4.69, 9.17) is 16.3 Å². The van der Waals surface area contributed by atoms with Crippen LogP contribution in [-0.4, -0.2) is 48.7 Å². The molecule has 1 amide bonds. The van der Waals surface area contributed by atoms with Gasteiger partial charge in [-0.1, -0.05) is 11.6 Å². The first-order valence-electron chi connectivity index (χ1n) is 9.34. The summed E-state index contributed by atoms with van der Waals surface area (Å²) in [6, 6.07) is 5.24. The van der Waals surface area contributed by atoms with Crippen LogP contribution in [0.15, 0.2) is 23.1 Å². The summed E-state index contributed by atoms with van der Waals surface area (Å²) >= 11 is 6.04. The Labute approximate surface area is 175 Å². The SMILES string of the molecule is Cc1nn(C(C)C)c(C)c1S(=O)(=O)NCCN1Cc2cc(Cl)ccc2OCC1=O. The molecule has 1 aliphatic heterocycles. The van der Waals surface area contributed by atoms with Crippen LogP contribution in [0, 0.1) is 13.8 Å². The second-order valence-electron chi connectivity index (χ2n) is 7.29. The van der Waals surface area contributed by atoms with E-state index in [-0.39, 0.29) is 36.5 Å². The van der Waals surface area contributed by atoms with E-state index < -0.39 is 10.0 Å². The van der Waals surface area contributed by atoms with Gasteiger partial charge in [-0.25, -0.2) is 13.1 Å². The van der Waals surface area contributed by atoms with Gasteiger partial charge in [0.05, 0.1) is 11.4 Å². The predicted octanol–water partition coefficient (Wildman–Crippen LogP) is 2.43. The molecule has 1 aliphatic rings. The second kappa shape index (κ2) is 8.33. The number of hydrogen-bond acceptors (Lipinski definition) is 5. The van der Waals surface area contributed by atoms with Crippen molar-refractivity contribution in [1.29, 1.82) is 0 Å². The predicted molar refractivity (Wildman–Crippen MR) is 110 cm³/mol.